The molecule has 2 heterocycles. The Morgan fingerprint density at radius 3 is 2.35 bits per heavy atom. The number of carbonyl (C=O) groups excluding carboxylic acids is 1. The number of nitrogens with zero attached hydrogens (tertiary/aromatic N) is 2. The van der Waals surface area contributed by atoms with Crippen LogP contribution in [0.15, 0.2) is 47.4 Å². The van der Waals surface area contributed by atoms with Gasteiger partial charge in [-0.1, -0.05) is 31.7 Å². The van der Waals surface area contributed by atoms with Crippen molar-refractivity contribution in [1.29, 1.82) is 0 Å². The van der Waals surface area contributed by atoms with Crippen molar-refractivity contribution in [3.63, 3.8) is 0 Å². The second kappa shape index (κ2) is 12.9. The third-order valence-corrected chi connectivity index (χ3v) is 14.5. The van der Waals surface area contributed by atoms with E-state index in [0.717, 1.165) is 82.7 Å². The summed E-state index contributed by atoms with van der Waals surface area (Å²) in [7, 11) is -0.933. The van der Waals surface area contributed by atoms with E-state index in [1.165, 1.54) is 50.2 Å². The number of halogens is 1. The van der Waals surface area contributed by atoms with Crippen molar-refractivity contribution in [2.75, 3.05) is 31.6 Å². The van der Waals surface area contributed by atoms with Crippen molar-refractivity contribution in [3.8, 4) is 0 Å². The lowest BCUT2D eigenvalue weighted by Crippen LogP contribution is -2.56. The zero-order valence-corrected chi connectivity index (χ0v) is 28.4. The molecule has 0 aromatic heterocycles. The Balaban J connectivity index is 0.947. The van der Waals surface area contributed by atoms with E-state index in [0.29, 0.717) is 16.7 Å². The number of sulfone groups is 1. The summed E-state index contributed by atoms with van der Waals surface area (Å²) in [5, 5.41) is -0.162. The van der Waals surface area contributed by atoms with Crippen molar-refractivity contribution in [2.45, 2.75) is 112 Å². The summed E-state index contributed by atoms with van der Waals surface area (Å²) in [4.78, 5) is 17.4. The van der Waals surface area contributed by atoms with Crippen molar-refractivity contribution in [1.82, 2.24) is 4.90 Å². The van der Waals surface area contributed by atoms with E-state index in [2.05, 4.69) is 16.8 Å². The number of carbonyl (C=O) groups is 1. The van der Waals surface area contributed by atoms with Crippen LogP contribution in [0, 0.1) is 29.5 Å². The Bertz CT molecular complexity index is 1510. The first kappa shape index (κ1) is 32.1. The molecule has 5 aliphatic rings. The fraction of sp³-hybridized carbons (Fsp3) is 0.658. The molecule has 46 heavy (non-hydrogen) atoms. The number of esters is 1. The van der Waals surface area contributed by atoms with Gasteiger partial charge in [-0.25, -0.2) is 12.8 Å². The zero-order chi connectivity index (χ0) is 32.1. The van der Waals surface area contributed by atoms with Gasteiger partial charge in [0.05, 0.1) is 10.1 Å². The van der Waals surface area contributed by atoms with Gasteiger partial charge in [0.1, 0.15) is 11.9 Å². The fourth-order valence-corrected chi connectivity index (χ4v) is 11.5. The molecule has 0 spiro atoms. The van der Waals surface area contributed by atoms with Crippen LogP contribution in [0.3, 0.4) is 0 Å². The van der Waals surface area contributed by atoms with Gasteiger partial charge >= 0.3 is 5.97 Å². The SMILES string of the molecule is CC(=O)O[C@@H]1CCC[C@H]1C1(C2CCC(CCCC3CN(c4ccc(S(=O)(=O)C5CC5)cc4)C3)CC2)CN(C)Cc2ccc(F)cc21. The Morgan fingerprint density at radius 2 is 1.65 bits per heavy atom. The van der Waals surface area contributed by atoms with Gasteiger partial charge in [0.25, 0.3) is 0 Å². The molecule has 250 valence electrons. The van der Waals surface area contributed by atoms with Crippen LogP contribution in [-0.4, -0.2) is 57.3 Å². The lowest BCUT2D eigenvalue weighted by molar-refractivity contribution is -0.150. The summed E-state index contributed by atoms with van der Waals surface area (Å²) in [6, 6.07) is 13.0. The van der Waals surface area contributed by atoms with Crippen LogP contribution in [-0.2, 0) is 31.3 Å². The van der Waals surface area contributed by atoms with Crippen molar-refractivity contribution in [3.05, 3.63) is 59.4 Å². The van der Waals surface area contributed by atoms with Crippen molar-refractivity contribution < 1.29 is 22.3 Å². The van der Waals surface area contributed by atoms with Crippen molar-refractivity contribution >= 4 is 21.5 Å². The van der Waals surface area contributed by atoms with Crippen LogP contribution in [0.25, 0.3) is 0 Å². The molecular formula is C38H51FN2O4S. The Morgan fingerprint density at radius 1 is 0.935 bits per heavy atom. The minimum absolute atomic E-state index is 0.0893. The number of hydrogen-bond acceptors (Lipinski definition) is 6. The third-order valence-electron chi connectivity index (χ3n) is 12.2. The zero-order valence-electron chi connectivity index (χ0n) is 27.6. The van der Waals surface area contributed by atoms with Crippen LogP contribution in [0.1, 0.15) is 95.1 Å². The van der Waals surface area contributed by atoms with Crippen LogP contribution in [0.4, 0.5) is 10.1 Å². The number of ether oxygens (including phenoxy) is 1. The number of benzene rings is 2. The molecule has 1 saturated heterocycles. The number of likely N-dealkylation sites (N-methyl/N-ethyl adjacent to an activating group) is 1. The summed E-state index contributed by atoms with van der Waals surface area (Å²) >= 11 is 0. The van der Waals surface area contributed by atoms with Crippen LogP contribution >= 0.6 is 0 Å². The maximum atomic E-state index is 14.9. The molecule has 2 aliphatic heterocycles. The largest absolute Gasteiger partial charge is 0.462 e. The summed E-state index contributed by atoms with van der Waals surface area (Å²) in [6.45, 7) is 5.37. The van der Waals surface area contributed by atoms with Gasteiger partial charge in [-0.15, -0.1) is 0 Å². The van der Waals surface area contributed by atoms with E-state index in [1.807, 2.05) is 24.3 Å². The molecule has 0 amide bonds. The molecule has 3 atom stereocenters. The smallest absolute Gasteiger partial charge is 0.302 e. The first-order valence-corrected chi connectivity index (χ1v) is 19.4. The quantitative estimate of drug-likeness (QED) is 0.252. The van der Waals surface area contributed by atoms with Crippen LogP contribution < -0.4 is 4.90 Å². The van der Waals surface area contributed by atoms with Crippen LogP contribution in [0.2, 0.25) is 0 Å². The van der Waals surface area contributed by atoms with Gasteiger partial charge in [0.15, 0.2) is 9.84 Å². The van der Waals surface area contributed by atoms with Gasteiger partial charge in [-0.2, -0.15) is 0 Å². The monoisotopic (exact) mass is 650 g/mol. The lowest BCUT2D eigenvalue weighted by Gasteiger charge is -2.54. The second-order valence-corrected chi connectivity index (χ2v) is 17.6. The third kappa shape index (κ3) is 6.25. The highest BCUT2D eigenvalue weighted by atomic mass is 32.2. The number of hydrogen-bond donors (Lipinski definition) is 0. The van der Waals surface area contributed by atoms with Gasteiger partial charge < -0.3 is 14.5 Å². The van der Waals surface area contributed by atoms with E-state index in [9.17, 15) is 17.6 Å². The van der Waals surface area contributed by atoms with Gasteiger partial charge in [-0.05, 0) is 124 Å². The molecule has 4 fully saturated rings. The minimum atomic E-state index is -3.13. The van der Waals surface area contributed by atoms with Gasteiger partial charge in [0, 0.05) is 50.1 Å². The second-order valence-electron chi connectivity index (χ2n) is 15.4. The first-order chi connectivity index (χ1) is 22.1. The number of fused-ring (bicyclic) bond motifs is 1. The standard InChI is InChI=1S/C38H51FN2O4S/c1-26(42)45-37-8-4-7-35(37)38(25-40(2)24-29-11-14-31(39)21-36(29)38)30-12-9-27(10-13-30)5-3-6-28-22-41(23-28)32-15-17-33(18-16-32)46(43,44)34-19-20-34/h11,14-18,21,27-28,30,34-35,37H,3-10,12-13,19-20,22-25H2,1-2H3/t27?,30?,35-,37-,38?/m1/s1. The molecule has 0 N–H and O–H groups in total. The molecule has 2 aromatic carbocycles. The average Bonchev–Trinajstić information content (AvgIpc) is 3.78. The molecule has 6 nitrogen and oxygen atoms in total. The summed E-state index contributed by atoms with van der Waals surface area (Å²) < 4.78 is 45.9. The van der Waals surface area contributed by atoms with E-state index in [-0.39, 0.29) is 34.5 Å². The highest BCUT2D eigenvalue weighted by Gasteiger charge is 2.55. The minimum Gasteiger partial charge on any atom is -0.462 e. The Labute approximate surface area is 275 Å². The Hall–Kier alpha value is -2.45. The number of anilines is 1. The molecule has 3 aliphatic carbocycles. The molecule has 2 aromatic rings. The van der Waals surface area contributed by atoms with E-state index < -0.39 is 9.84 Å². The predicted octanol–water partition coefficient (Wildman–Crippen LogP) is 7.29. The van der Waals surface area contributed by atoms with E-state index >= 15 is 0 Å². The average molecular weight is 651 g/mol. The maximum absolute atomic E-state index is 14.9. The van der Waals surface area contributed by atoms with E-state index in [4.69, 9.17) is 4.74 Å². The molecule has 1 unspecified atom stereocenters. The molecule has 7 rings (SSSR count). The van der Waals surface area contributed by atoms with Gasteiger partial charge in [0.2, 0.25) is 0 Å². The summed E-state index contributed by atoms with van der Waals surface area (Å²) in [5.41, 5.74) is 3.36. The fourth-order valence-electron chi connectivity index (χ4n) is 9.88. The summed E-state index contributed by atoms with van der Waals surface area (Å²) in [6.07, 6.45) is 13.0. The first-order valence-electron chi connectivity index (χ1n) is 17.9. The molecule has 3 saturated carbocycles. The highest BCUT2D eigenvalue weighted by Crippen LogP contribution is 2.55. The lowest BCUT2D eigenvalue weighted by atomic mass is 9.55. The number of rotatable bonds is 10. The highest BCUT2D eigenvalue weighted by molar-refractivity contribution is 7.92. The molecule has 8 heteroatoms. The van der Waals surface area contributed by atoms with E-state index in [1.54, 1.807) is 18.2 Å². The Kier molecular flexibility index (Phi) is 8.98. The predicted molar refractivity (Wildman–Crippen MR) is 179 cm³/mol. The molecule has 0 bridgehead atoms. The molecular weight excluding hydrogens is 599 g/mol. The van der Waals surface area contributed by atoms with Crippen molar-refractivity contribution in [2.24, 2.45) is 23.7 Å². The van der Waals surface area contributed by atoms with Gasteiger partial charge in [-0.3, -0.25) is 4.79 Å². The topological polar surface area (TPSA) is 66.9 Å². The normalized spacial score (nSPS) is 30.5. The maximum Gasteiger partial charge on any atom is 0.302 e. The summed E-state index contributed by atoms with van der Waals surface area (Å²) in [5.74, 6) is 1.77. The van der Waals surface area contributed by atoms with Crippen LogP contribution in [0.5, 0.6) is 0 Å². The molecule has 0 radical (unpaired) electrons.